The summed E-state index contributed by atoms with van der Waals surface area (Å²) in [5.74, 6) is 1.75. The van der Waals surface area contributed by atoms with Crippen molar-refractivity contribution in [1.82, 2.24) is 4.98 Å². The number of hydrogen-bond acceptors (Lipinski definition) is 3. The minimum Gasteiger partial charge on any atom is -0.441 e. The fourth-order valence-electron chi connectivity index (χ4n) is 3.13. The van der Waals surface area contributed by atoms with Gasteiger partial charge in [-0.15, -0.1) is 0 Å². The van der Waals surface area contributed by atoms with E-state index in [1.54, 1.807) is 0 Å². The summed E-state index contributed by atoms with van der Waals surface area (Å²) in [5, 5.41) is 3.53. The Bertz CT molecular complexity index is 555. The number of nitrogens with zero attached hydrogens (tertiary/aromatic N) is 1. The number of oxazole rings is 1. The van der Waals surface area contributed by atoms with Gasteiger partial charge in [-0.3, -0.25) is 0 Å². The minimum absolute atomic E-state index is 0.819. The SMILES string of the molecule is CCc1nc2cc(NCCC3CCCCC3)ccc2o1. The van der Waals surface area contributed by atoms with E-state index in [-0.39, 0.29) is 0 Å². The molecule has 1 N–H and O–H groups in total. The van der Waals surface area contributed by atoms with Gasteiger partial charge in [0.2, 0.25) is 0 Å². The van der Waals surface area contributed by atoms with Crippen molar-refractivity contribution in [2.45, 2.75) is 51.9 Å². The monoisotopic (exact) mass is 272 g/mol. The molecular weight excluding hydrogens is 248 g/mol. The fourth-order valence-corrected chi connectivity index (χ4v) is 3.13. The number of hydrogen-bond donors (Lipinski definition) is 1. The second-order valence-corrected chi connectivity index (χ2v) is 5.86. The van der Waals surface area contributed by atoms with Crippen LogP contribution < -0.4 is 5.32 Å². The Balaban J connectivity index is 1.56. The molecule has 1 aliphatic carbocycles. The summed E-state index contributed by atoms with van der Waals surface area (Å²) in [6.45, 7) is 3.13. The first-order valence-corrected chi connectivity index (χ1v) is 7.98. The molecule has 2 aromatic rings. The van der Waals surface area contributed by atoms with Crippen LogP contribution in [0.2, 0.25) is 0 Å². The van der Waals surface area contributed by atoms with Crippen molar-refractivity contribution in [3.63, 3.8) is 0 Å². The Morgan fingerprint density at radius 3 is 2.90 bits per heavy atom. The Labute approximate surface area is 120 Å². The van der Waals surface area contributed by atoms with E-state index in [2.05, 4.69) is 29.4 Å². The van der Waals surface area contributed by atoms with E-state index >= 15 is 0 Å². The van der Waals surface area contributed by atoms with Crippen LogP contribution in [-0.4, -0.2) is 11.5 Å². The Morgan fingerprint density at radius 2 is 2.10 bits per heavy atom. The first-order chi connectivity index (χ1) is 9.85. The Hall–Kier alpha value is -1.51. The molecule has 1 fully saturated rings. The lowest BCUT2D eigenvalue weighted by molar-refractivity contribution is 0.345. The number of anilines is 1. The van der Waals surface area contributed by atoms with Crippen molar-refractivity contribution in [1.29, 1.82) is 0 Å². The highest BCUT2D eigenvalue weighted by atomic mass is 16.3. The lowest BCUT2D eigenvalue weighted by Gasteiger charge is -2.21. The topological polar surface area (TPSA) is 38.1 Å². The summed E-state index contributed by atoms with van der Waals surface area (Å²) >= 11 is 0. The molecule has 0 saturated heterocycles. The molecule has 1 aromatic heterocycles. The number of aryl methyl sites for hydroxylation is 1. The fraction of sp³-hybridized carbons (Fsp3) is 0.588. The summed E-state index contributed by atoms with van der Waals surface area (Å²) < 4.78 is 5.63. The third kappa shape index (κ3) is 3.14. The highest BCUT2D eigenvalue weighted by Gasteiger charge is 2.12. The predicted octanol–water partition coefficient (Wildman–Crippen LogP) is 4.77. The molecule has 0 aliphatic heterocycles. The number of fused-ring (bicyclic) bond motifs is 1. The van der Waals surface area contributed by atoms with Crippen LogP contribution in [-0.2, 0) is 6.42 Å². The molecule has 20 heavy (non-hydrogen) atoms. The van der Waals surface area contributed by atoms with Crippen LogP contribution >= 0.6 is 0 Å². The molecular formula is C17H24N2O. The average Bonchev–Trinajstić information content (AvgIpc) is 2.91. The molecule has 3 heteroatoms. The summed E-state index contributed by atoms with van der Waals surface area (Å²) in [6.07, 6.45) is 9.27. The van der Waals surface area contributed by atoms with Crippen LogP contribution in [0.25, 0.3) is 11.1 Å². The highest BCUT2D eigenvalue weighted by molar-refractivity contribution is 5.77. The van der Waals surface area contributed by atoms with Crippen molar-refractivity contribution < 1.29 is 4.42 Å². The molecule has 3 rings (SSSR count). The van der Waals surface area contributed by atoms with Crippen LogP contribution in [0.3, 0.4) is 0 Å². The van der Waals surface area contributed by atoms with Gasteiger partial charge in [0, 0.05) is 18.7 Å². The van der Waals surface area contributed by atoms with E-state index in [1.165, 1.54) is 38.5 Å². The Kier molecular flexibility index (Phi) is 4.24. The molecule has 108 valence electrons. The molecule has 0 radical (unpaired) electrons. The normalized spacial score (nSPS) is 16.6. The molecule has 3 nitrogen and oxygen atoms in total. The van der Waals surface area contributed by atoms with Gasteiger partial charge in [-0.05, 0) is 30.5 Å². The average molecular weight is 272 g/mol. The second-order valence-electron chi connectivity index (χ2n) is 5.86. The lowest BCUT2D eigenvalue weighted by atomic mass is 9.87. The van der Waals surface area contributed by atoms with Crippen LogP contribution in [0.4, 0.5) is 5.69 Å². The van der Waals surface area contributed by atoms with Crippen LogP contribution in [0.15, 0.2) is 22.6 Å². The molecule has 0 unspecified atom stereocenters. The molecule has 0 amide bonds. The van der Waals surface area contributed by atoms with Gasteiger partial charge in [0.15, 0.2) is 11.5 Å². The maximum absolute atomic E-state index is 5.63. The number of aromatic nitrogens is 1. The third-order valence-corrected chi connectivity index (χ3v) is 4.34. The molecule has 0 bridgehead atoms. The van der Waals surface area contributed by atoms with E-state index in [0.29, 0.717) is 0 Å². The van der Waals surface area contributed by atoms with E-state index < -0.39 is 0 Å². The Morgan fingerprint density at radius 1 is 1.25 bits per heavy atom. The zero-order chi connectivity index (χ0) is 13.8. The van der Waals surface area contributed by atoms with Crippen molar-refractivity contribution in [3.05, 3.63) is 24.1 Å². The first-order valence-electron chi connectivity index (χ1n) is 7.98. The molecule has 1 aliphatic rings. The van der Waals surface area contributed by atoms with Crippen molar-refractivity contribution in [2.75, 3.05) is 11.9 Å². The number of rotatable bonds is 5. The molecule has 0 spiro atoms. The van der Waals surface area contributed by atoms with Gasteiger partial charge in [-0.1, -0.05) is 39.0 Å². The van der Waals surface area contributed by atoms with Gasteiger partial charge >= 0.3 is 0 Å². The number of benzene rings is 1. The molecule has 1 aromatic carbocycles. The summed E-state index contributed by atoms with van der Waals surface area (Å²) in [5.41, 5.74) is 3.01. The predicted molar refractivity (Wildman–Crippen MR) is 83.1 cm³/mol. The summed E-state index contributed by atoms with van der Waals surface area (Å²) in [7, 11) is 0. The summed E-state index contributed by atoms with van der Waals surface area (Å²) in [6, 6.07) is 6.21. The van der Waals surface area contributed by atoms with Crippen molar-refractivity contribution in [3.8, 4) is 0 Å². The van der Waals surface area contributed by atoms with E-state index in [1.807, 2.05) is 6.07 Å². The molecule has 1 saturated carbocycles. The van der Waals surface area contributed by atoms with Crippen molar-refractivity contribution in [2.24, 2.45) is 5.92 Å². The first kappa shape index (κ1) is 13.5. The van der Waals surface area contributed by atoms with Crippen molar-refractivity contribution >= 4 is 16.8 Å². The van der Waals surface area contributed by atoms with E-state index in [4.69, 9.17) is 4.42 Å². The quantitative estimate of drug-likeness (QED) is 0.851. The molecule has 0 atom stereocenters. The van der Waals surface area contributed by atoms with Gasteiger partial charge in [0.05, 0.1) is 0 Å². The zero-order valence-corrected chi connectivity index (χ0v) is 12.3. The maximum Gasteiger partial charge on any atom is 0.195 e. The highest BCUT2D eigenvalue weighted by Crippen LogP contribution is 2.26. The smallest absolute Gasteiger partial charge is 0.195 e. The third-order valence-electron chi connectivity index (χ3n) is 4.34. The standard InChI is InChI=1S/C17H24N2O/c1-2-17-19-15-12-14(8-9-16(15)20-17)18-11-10-13-6-4-3-5-7-13/h8-9,12-13,18H,2-7,10-11H2,1H3. The van der Waals surface area contributed by atoms with Gasteiger partial charge in [-0.2, -0.15) is 0 Å². The van der Waals surface area contributed by atoms with E-state index in [0.717, 1.165) is 41.6 Å². The molecule has 1 heterocycles. The van der Waals surface area contributed by atoms with E-state index in [9.17, 15) is 0 Å². The number of nitrogens with one attached hydrogen (secondary N) is 1. The van der Waals surface area contributed by atoms with Crippen LogP contribution in [0, 0.1) is 5.92 Å². The largest absolute Gasteiger partial charge is 0.441 e. The van der Waals surface area contributed by atoms with Gasteiger partial charge in [0.25, 0.3) is 0 Å². The van der Waals surface area contributed by atoms with Crippen LogP contribution in [0.1, 0.15) is 51.3 Å². The van der Waals surface area contributed by atoms with Crippen LogP contribution in [0.5, 0.6) is 0 Å². The second kappa shape index (κ2) is 6.29. The lowest BCUT2D eigenvalue weighted by Crippen LogP contribution is -2.12. The zero-order valence-electron chi connectivity index (χ0n) is 12.3. The summed E-state index contributed by atoms with van der Waals surface area (Å²) in [4.78, 5) is 4.48. The maximum atomic E-state index is 5.63. The van der Waals surface area contributed by atoms with Gasteiger partial charge in [0.1, 0.15) is 5.52 Å². The van der Waals surface area contributed by atoms with Gasteiger partial charge in [-0.25, -0.2) is 4.98 Å². The minimum atomic E-state index is 0.819. The van der Waals surface area contributed by atoms with Gasteiger partial charge < -0.3 is 9.73 Å².